The van der Waals surface area contributed by atoms with Crippen LogP contribution < -0.4 is 10.6 Å². The van der Waals surface area contributed by atoms with Crippen LogP contribution in [0, 0.1) is 23.3 Å². The fourth-order valence-electron chi connectivity index (χ4n) is 1.96. The molecule has 4 nitrogen and oxygen atoms in total. The summed E-state index contributed by atoms with van der Waals surface area (Å²) in [6.45, 7) is 0. The van der Waals surface area contributed by atoms with E-state index in [2.05, 4.69) is 20.6 Å². The average molecular weight is 334 g/mol. The van der Waals surface area contributed by atoms with Crippen LogP contribution >= 0.6 is 0 Å². The van der Waals surface area contributed by atoms with Crippen molar-refractivity contribution >= 4 is 23.0 Å². The van der Waals surface area contributed by atoms with Crippen molar-refractivity contribution in [2.24, 2.45) is 0 Å². The summed E-state index contributed by atoms with van der Waals surface area (Å²) in [4.78, 5) is 7.98. The molecule has 1 aromatic heterocycles. The van der Waals surface area contributed by atoms with Crippen molar-refractivity contribution in [1.29, 1.82) is 0 Å². The monoisotopic (exact) mass is 334 g/mol. The van der Waals surface area contributed by atoms with Gasteiger partial charge in [0.1, 0.15) is 23.3 Å². The molecule has 2 N–H and O–H groups in total. The van der Waals surface area contributed by atoms with Crippen LogP contribution in [0.5, 0.6) is 0 Å². The van der Waals surface area contributed by atoms with Gasteiger partial charge in [-0.1, -0.05) is 0 Å². The van der Waals surface area contributed by atoms with Gasteiger partial charge in [0.15, 0.2) is 11.6 Å². The molecule has 0 radical (unpaired) electrons. The lowest BCUT2D eigenvalue weighted by atomic mass is 10.3. The van der Waals surface area contributed by atoms with Crippen molar-refractivity contribution in [3.8, 4) is 0 Å². The Kier molecular flexibility index (Phi) is 4.28. The van der Waals surface area contributed by atoms with Gasteiger partial charge in [0.2, 0.25) is 0 Å². The zero-order valence-electron chi connectivity index (χ0n) is 12.0. The second-order valence-electron chi connectivity index (χ2n) is 4.75. The Bertz CT molecular complexity index is 813. The molecule has 0 bridgehead atoms. The molecule has 0 amide bonds. The van der Waals surface area contributed by atoms with E-state index >= 15 is 0 Å². The van der Waals surface area contributed by atoms with E-state index in [-0.39, 0.29) is 23.0 Å². The summed E-state index contributed by atoms with van der Waals surface area (Å²) in [5.74, 6) is -2.90. The molecule has 3 aromatic rings. The van der Waals surface area contributed by atoms with Crippen molar-refractivity contribution < 1.29 is 17.6 Å². The van der Waals surface area contributed by atoms with Gasteiger partial charge in [-0.25, -0.2) is 27.5 Å². The summed E-state index contributed by atoms with van der Waals surface area (Å²) >= 11 is 0. The van der Waals surface area contributed by atoms with E-state index in [0.29, 0.717) is 12.1 Å². The van der Waals surface area contributed by atoms with Crippen LogP contribution in [-0.4, -0.2) is 9.97 Å². The third-order valence-corrected chi connectivity index (χ3v) is 3.07. The maximum absolute atomic E-state index is 13.7. The summed E-state index contributed by atoms with van der Waals surface area (Å²) in [5.41, 5.74) is -0.0564. The molecule has 0 aliphatic rings. The highest BCUT2D eigenvalue weighted by molar-refractivity contribution is 5.72. The number of aromatic nitrogens is 2. The van der Waals surface area contributed by atoms with E-state index in [4.69, 9.17) is 0 Å². The Balaban J connectivity index is 1.90. The number of nitrogens with zero attached hydrogens (tertiary/aromatic N) is 2. The minimum atomic E-state index is -0.820. The van der Waals surface area contributed by atoms with Crippen LogP contribution in [0.15, 0.2) is 48.8 Å². The standard InChI is InChI=1S/C16H10F4N4/c17-9-1-3-13(11(19)7-9)23-15-16(22-6-5-21-15)24-14-4-2-10(18)8-12(14)20/h1-8H,(H,21,23)(H,22,24). The van der Waals surface area contributed by atoms with Crippen molar-refractivity contribution in [3.63, 3.8) is 0 Å². The summed E-state index contributed by atoms with van der Waals surface area (Å²) < 4.78 is 53.4. The van der Waals surface area contributed by atoms with Crippen LogP contribution in [-0.2, 0) is 0 Å². The molecule has 0 aliphatic heterocycles. The number of anilines is 4. The van der Waals surface area contributed by atoms with Crippen molar-refractivity contribution in [3.05, 3.63) is 72.1 Å². The van der Waals surface area contributed by atoms with E-state index in [1.165, 1.54) is 24.5 Å². The minimum Gasteiger partial charge on any atom is -0.335 e. The molecule has 1 heterocycles. The lowest BCUT2D eigenvalue weighted by Gasteiger charge is -2.12. The van der Waals surface area contributed by atoms with Gasteiger partial charge < -0.3 is 10.6 Å². The highest BCUT2D eigenvalue weighted by Gasteiger charge is 2.11. The number of halogens is 4. The van der Waals surface area contributed by atoms with Crippen molar-refractivity contribution in [2.45, 2.75) is 0 Å². The van der Waals surface area contributed by atoms with Gasteiger partial charge in [-0.05, 0) is 24.3 Å². The summed E-state index contributed by atoms with van der Waals surface area (Å²) in [6.07, 6.45) is 2.69. The highest BCUT2D eigenvalue weighted by Crippen LogP contribution is 2.27. The van der Waals surface area contributed by atoms with E-state index in [1.807, 2.05) is 0 Å². The van der Waals surface area contributed by atoms with Gasteiger partial charge in [0.05, 0.1) is 11.4 Å². The molecular weight excluding hydrogens is 324 g/mol. The molecule has 122 valence electrons. The van der Waals surface area contributed by atoms with Crippen LogP contribution in [0.3, 0.4) is 0 Å². The molecule has 8 heteroatoms. The Hall–Kier alpha value is -3.16. The van der Waals surface area contributed by atoms with E-state index in [1.54, 1.807) is 0 Å². The molecule has 0 spiro atoms. The normalized spacial score (nSPS) is 10.5. The quantitative estimate of drug-likeness (QED) is 0.689. The lowest BCUT2D eigenvalue weighted by Crippen LogP contribution is -2.04. The third kappa shape index (κ3) is 3.43. The number of rotatable bonds is 4. The number of hydrogen-bond acceptors (Lipinski definition) is 4. The fourth-order valence-corrected chi connectivity index (χ4v) is 1.96. The smallest absolute Gasteiger partial charge is 0.174 e. The van der Waals surface area contributed by atoms with Gasteiger partial charge in [-0.15, -0.1) is 0 Å². The molecule has 0 aliphatic carbocycles. The second kappa shape index (κ2) is 6.53. The Morgan fingerprint density at radius 3 is 1.42 bits per heavy atom. The predicted molar refractivity (Wildman–Crippen MR) is 81.3 cm³/mol. The number of nitrogens with one attached hydrogen (secondary N) is 2. The van der Waals surface area contributed by atoms with Gasteiger partial charge in [0.25, 0.3) is 0 Å². The largest absolute Gasteiger partial charge is 0.335 e. The second-order valence-corrected chi connectivity index (χ2v) is 4.75. The van der Waals surface area contributed by atoms with Crippen molar-refractivity contribution in [2.75, 3.05) is 10.6 Å². The molecule has 0 saturated carbocycles. The Labute approximate surface area is 134 Å². The Morgan fingerprint density at radius 1 is 0.625 bits per heavy atom. The topological polar surface area (TPSA) is 49.8 Å². The van der Waals surface area contributed by atoms with E-state index < -0.39 is 23.3 Å². The maximum Gasteiger partial charge on any atom is 0.174 e. The molecule has 0 saturated heterocycles. The van der Waals surface area contributed by atoms with Gasteiger partial charge in [-0.2, -0.15) is 0 Å². The number of hydrogen-bond donors (Lipinski definition) is 2. The van der Waals surface area contributed by atoms with Gasteiger partial charge in [0, 0.05) is 24.5 Å². The Morgan fingerprint density at radius 2 is 1.04 bits per heavy atom. The molecule has 0 atom stereocenters. The summed E-state index contributed by atoms with van der Waals surface area (Å²) in [5, 5.41) is 5.29. The average Bonchev–Trinajstić information content (AvgIpc) is 2.54. The van der Waals surface area contributed by atoms with Gasteiger partial charge >= 0.3 is 0 Å². The third-order valence-electron chi connectivity index (χ3n) is 3.07. The zero-order chi connectivity index (χ0) is 17.1. The molecule has 0 fully saturated rings. The minimum absolute atomic E-state index is 0.0282. The van der Waals surface area contributed by atoms with Crippen molar-refractivity contribution in [1.82, 2.24) is 9.97 Å². The first-order valence-electron chi connectivity index (χ1n) is 6.78. The maximum atomic E-state index is 13.7. The molecule has 2 aromatic carbocycles. The highest BCUT2D eigenvalue weighted by atomic mass is 19.1. The van der Waals surface area contributed by atoms with Crippen LogP contribution in [0.25, 0.3) is 0 Å². The zero-order valence-corrected chi connectivity index (χ0v) is 12.0. The first-order valence-corrected chi connectivity index (χ1v) is 6.78. The van der Waals surface area contributed by atoms with Gasteiger partial charge in [-0.3, -0.25) is 0 Å². The number of benzene rings is 2. The molecular formula is C16H10F4N4. The summed E-state index contributed by atoms with van der Waals surface area (Å²) in [7, 11) is 0. The van der Waals surface area contributed by atoms with Crippen LogP contribution in [0.4, 0.5) is 40.6 Å². The SMILES string of the molecule is Fc1ccc(Nc2nccnc2Nc2ccc(F)cc2F)c(F)c1. The first kappa shape index (κ1) is 15.7. The molecule has 3 rings (SSSR count). The van der Waals surface area contributed by atoms with Crippen LogP contribution in [0.2, 0.25) is 0 Å². The molecule has 24 heavy (non-hydrogen) atoms. The van der Waals surface area contributed by atoms with E-state index in [0.717, 1.165) is 12.1 Å². The predicted octanol–water partition coefficient (Wildman–Crippen LogP) is 4.52. The molecule has 0 unspecified atom stereocenters. The lowest BCUT2D eigenvalue weighted by molar-refractivity contribution is 0.585. The fraction of sp³-hybridized carbons (Fsp3) is 0. The van der Waals surface area contributed by atoms with E-state index in [9.17, 15) is 17.6 Å². The van der Waals surface area contributed by atoms with Crippen LogP contribution in [0.1, 0.15) is 0 Å². The summed E-state index contributed by atoms with van der Waals surface area (Å²) in [6, 6.07) is 5.98. The first-order chi connectivity index (χ1) is 11.5.